The molecule has 0 amide bonds. The molecule has 5 unspecified atom stereocenters. The molecule has 5 N–H and O–H groups in total. The third kappa shape index (κ3) is 7.81. The molecule has 0 aromatic heterocycles. The summed E-state index contributed by atoms with van der Waals surface area (Å²) in [5.41, 5.74) is 0. The van der Waals surface area contributed by atoms with Crippen molar-refractivity contribution in [1.82, 2.24) is 0 Å². The van der Waals surface area contributed by atoms with Gasteiger partial charge < -0.3 is 44.5 Å². The van der Waals surface area contributed by atoms with Gasteiger partial charge in [0.15, 0.2) is 12.6 Å². The normalized spacial score (nSPS) is 33.5. The van der Waals surface area contributed by atoms with E-state index < -0.39 is 55.3 Å². The van der Waals surface area contributed by atoms with Crippen LogP contribution in [0.4, 0.5) is 0 Å². The quantitative estimate of drug-likeness (QED) is 0.299. The van der Waals surface area contributed by atoms with Crippen LogP contribution in [0.5, 0.6) is 0 Å². The third-order valence-corrected chi connectivity index (χ3v) is 4.14. The van der Waals surface area contributed by atoms with Crippen molar-refractivity contribution in [3.63, 3.8) is 0 Å². The highest BCUT2D eigenvalue weighted by Crippen LogP contribution is 2.21. The molecule has 1 saturated heterocycles. The Kier molecular flexibility index (Phi) is 9.71. The van der Waals surface area contributed by atoms with Crippen LogP contribution in [0.25, 0.3) is 0 Å². The lowest BCUT2D eigenvalue weighted by Crippen LogP contribution is -2.48. The number of ether oxygens (including phenoxy) is 4. The van der Waals surface area contributed by atoms with Crippen molar-refractivity contribution in [1.29, 1.82) is 0 Å². The summed E-state index contributed by atoms with van der Waals surface area (Å²) in [6.45, 7) is 6.17. The van der Waals surface area contributed by atoms with E-state index in [1.165, 1.54) is 6.92 Å². The van der Waals surface area contributed by atoms with Crippen molar-refractivity contribution in [2.75, 3.05) is 13.2 Å². The van der Waals surface area contributed by atoms with Gasteiger partial charge >= 0.3 is 0 Å². The SMILES string of the molecule is CC(OC[C@H](O)C(C)O)OC(C)[C@H](O)CO[C@H]1CC(O)[C@H](O)C(C)O1. The van der Waals surface area contributed by atoms with Crippen LogP contribution >= 0.6 is 0 Å². The maximum absolute atomic E-state index is 10.1. The fourth-order valence-corrected chi connectivity index (χ4v) is 2.28. The molecule has 0 radical (unpaired) electrons. The van der Waals surface area contributed by atoms with Gasteiger partial charge in [-0.15, -0.1) is 0 Å². The minimum absolute atomic E-state index is 0.0790. The summed E-state index contributed by atoms with van der Waals surface area (Å²) in [7, 11) is 0. The van der Waals surface area contributed by atoms with E-state index in [1.807, 2.05) is 0 Å². The molecule has 0 aliphatic carbocycles. The maximum atomic E-state index is 10.1. The third-order valence-electron chi connectivity index (χ3n) is 4.14. The summed E-state index contributed by atoms with van der Waals surface area (Å²) in [5.74, 6) is 0. The molecule has 150 valence electrons. The molecule has 9 atom stereocenters. The molecule has 9 heteroatoms. The molecule has 9 nitrogen and oxygen atoms in total. The molecule has 0 bridgehead atoms. The topological polar surface area (TPSA) is 138 Å². The Balaban J connectivity index is 2.28. The van der Waals surface area contributed by atoms with Gasteiger partial charge in [0, 0.05) is 6.42 Å². The molecular weight excluding hydrogens is 336 g/mol. The van der Waals surface area contributed by atoms with Crippen molar-refractivity contribution in [3.8, 4) is 0 Å². The molecule has 1 fully saturated rings. The molecule has 1 aliphatic rings. The van der Waals surface area contributed by atoms with Crippen LogP contribution in [0.15, 0.2) is 0 Å². The lowest BCUT2D eigenvalue weighted by atomic mass is 10.0. The number of rotatable bonds is 10. The monoisotopic (exact) mass is 368 g/mol. The van der Waals surface area contributed by atoms with Crippen molar-refractivity contribution in [2.24, 2.45) is 0 Å². The zero-order chi connectivity index (χ0) is 19.1. The molecule has 0 spiro atoms. The van der Waals surface area contributed by atoms with Gasteiger partial charge in [-0.2, -0.15) is 0 Å². The summed E-state index contributed by atoms with van der Waals surface area (Å²) < 4.78 is 21.6. The van der Waals surface area contributed by atoms with Gasteiger partial charge in [-0.1, -0.05) is 0 Å². The molecule has 1 heterocycles. The van der Waals surface area contributed by atoms with Crippen molar-refractivity contribution >= 4 is 0 Å². The fraction of sp³-hybridized carbons (Fsp3) is 1.00. The zero-order valence-corrected chi connectivity index (χ0v) is 15.2. The van der Waals surface area contributed by atoms with E-state index in [9.17, 15) is 25.5 Å². The molecule has 0 aromatic carbocycles. The minimum Gasteiger partial charge on any atom is -0.391 e. The molecular formula is C16H32O9. The number of aliphatic hydroxyl groups is 5. The Morgan fingerprint density at radius 1 is 1.04 bits per heavy atom. The Hall–Kier alpha value is -0.360. The van der Waals surface area contributed by atoms with E-state index in [1.54, 1.807) is 20.8 Å². The van der Waals surface area contributed by atoms with Crippen molar-refractivity contribution < 1.29 is 44.5 Å². The highest BCUT2D eigenvalue weighted by atomic mass is 16.7. The van der Waals surface area contributed by atoms with E-state index >= 15 is 0 Å². The average Bonchev–Trinajstić information content (AvgIpc) is 2.54. The van der Waals surface area contributed by atoms with E-state index in [4.69, 9.17) is 18.9 Å². The predicted molar refractivity (Wildman–Crippen MR) is 86.6 cm³/mol. The van der Waals surface area contributed by atoms with E-state index in [-0.39, 0.29) is 19.6 Å². The lowest BCUT2D eigenvalue weighted by Gasteiger charge is -2.35. The second kappa shape index (κ2) is 10.7. The Bertz CT molecular complexity index is 356. The fourth-order valence-electron chi connectivity index (χ4n) is 2.28. The highest BCUT2D eigenvalue weighted by molar-refractivity contribution is 4.80. The summed E-state index contributed by atoms with van der Waals surface area (Å²) in [6.07, 6.45) is -7.25. The predicted octanol–water partition coefficient (Wildman–Crippen LogP) is -1.27. The molecule has 0 aromatic rings. The standard InChI is InChI=1S/C16H32O9/c1-8(17)13(19)6-22-11(4)24-9(2)14(20)7-23-15-5-12(18)16(21)10(3)25-15/h8-21H,5-7H2,1-4H3/t8?,9?,10?,11?,12?,13-,14+,15+,16+/m0/s1. The largest absolute Gasteiger partial charge is 0.391 e. The number of hydrogen-bond acceptors (Lipinski definition) is 9. The first-order valence-electron chi connectivity index (χ1n) is 8.56. The van der Waals surface area contributed by atoms with Gasteiger partial charge in [-0.3, -0.25) is 0 Å². The Morgan fingerprint density at radius 3 is 2.24 bits per heavy atom. The summed E-state index contributed by atoms with van der Waals surface area (Å²) in [5, 5.41) is 48.0. The summed E-state index contributed by atoms with van der Waals surface area (Å²) in [4.78, 5) is 0. The summed E-state index contributed by atoms with van der Waals surface area (Å²) in [6, 6.07) is 0. The van der Waals surface area contributed by atoms with E-state index in [0.717, 1.165) is 0 Å². The molecule has 0 saturated carbocycles. The molecule has 1 rings (SSSR count). The number of aliphatic hydroxyl groups excluding tert-OH is 5. The second-order valence-electron chi connectivity index (χ2n) is 6.52. The van der Waals surface area contributed by atoms with E-state index in [2.05, 4.69) is 0 Å². The highest BCUT2D eigenvalue weighted by Gasteiger charge is 2.35. The first-order chi connectivity index (χ1) is 11.6. The lowest BCUT2D eigenvalue weighted by molar-refractivity contribution is -0.258. The van der Waals surface area contributed by atoms with Gasteiger partial charge in [0.05, 0.1) is 37.6 Å². The number of hydrogen-bond donors (Lipinski definition) is 5. The van der Waals surface area contributed by atoms with Gasteiger partial charge in [0.1, 0.15) is 18.3 Å². The van der Waals surface area contributed by atoms with E-state index in [0.29, 0.717) is 0 Å². The van der Waals surface area contributed by atoms with Gasteiger partial charge in [0.2, 0.25) is 0 Å². The molecule has 25 heavy (non-hydrogen) atoms. The van der Waals surface area contributed by atoms with Crippen LogP contribution in [0.1, 0.15) is 34.1 Å². The van der Waals surface area contributed by atoms with Crippen LogP contribution < -0.4 is 0 Å². The van der Waals surface area contributed by atoms with Crippen LogP contribution in [-0.2, 0) is 18.9 Å². The van der Waals surface area contributed by atoms with Gasteiger partial charge in [0.25, 0.3) is 0 Å². The smallest absolute Gasteiger partial charge is 0.160 e. The van der Waals surface area contributed by atoms with Crippen LogP contribution in [0.2, 0.25) is 0 Å². The average molecular weight is 368 g/mol. The van der Waals surface area contributed by atoms with Gasteiger partial charge in [-0.05, 0) is 27.7 Å². The van der Waals surface area contributed by atoms with Crippen molar-refractivity contribution in [3.05, 3.63) is 0 Å². The Labute approximate surface area is 148 Å². The van der Waals surface area contributed by atoms with Crippen LogP contribution in [0.3, 0.4) is 0 Å². The minimum atomic E-state index is -1.01. The first kappa shape index (κ1) is 22.7. The maximum Gasteiger partial charge on any atom is 0.160 e. The van der Waals surface area contributed by atoms with Crippen LogP contribution in [0, 0.1) is 0 Å². The molecule has 1 aliphatic heterocycles. The summed E-state index contributed by atoms with van der Waals surface area (Å²) >= 11 is 0. The zero-order valence-electron chi connectivity index (χ0n) is 15.2. The second-order valence-corrected chi connectivity index (χ2v) is 6.52. The first-order valence-corrected chi connectivity index (χ1v) is 8.56. The van der Waals surface area contributed by atoms with Crippen molar-refractivity contribution in [2.45, 2.75) is 89.4 Å². The van der Waals surface area contributed by atoms with Gasteiger partial charge in [-0.25, -0.2) is 0 Å². The Morgan fingerprint density at radius 2 is 1.68 bits per heavy atom. The van der Waals surface area contributed by atoms with Crippen LogP contribution in [-0.4, -0.2) is 94.1 Å².